The quantitative estimate of drug-likeness (QED) is 0.296. The zero-order chi connectivity index (χ0) is 20.9. The van der Waals surface area contributed by atoms with Crippen LogP contribution in [-0.4, -0.2) is 27.3 Å². The van der Waals surface area contributed by atoms with Crippen LogP contribution in [0, 0.1) is 12.7 Å². The minimum atomic E-state index is -0.266. The van der Waals surface area contributed by atoms with Gasteiger partial charge in [-0.2, -0.15) is 0 Å². The summed E-state index contributed by atoms with van der Waals surface area (Å²) >= 11 is 0. The van der Waals surface area contributed by atoms with Crippen LogP contribution in [0.1, 0.15) is 35.2 Å². The molecule has 1 unspecified atom stereocenters. The second kappa shape index (κ2) is 10.6. The van der Waals surface area contributed by atoms with Crippen molar-refractivity contribution in [1.82, 2.24) is 25.4 Å². The zero-order valence-corrected chi connectivity index (χ0v) is 19.8. The summed E-state index contributed by atoms with van der Waals surface area (Å²) < 4.78 is 21.2. The molecule has 0 aliphatic carbocycles. The van der Waals surface area contributed by atoms with E-state index in [4.69, 9.17) is 4.74 Å². The molecule has 1 atom stereocenters. The van der Waals surface area contributed by atoms with E-state index in [1.54, 1.807) is 6.07 Å². The highest BCUT2D eigenvalue weighted by Crippen LogP contribution is 2.31. The van der Waals surface area contributed by atoms with Gasteiger partial charge in [0.05, 0.1) is 25.7 Å². The second-order valence-electron chi connectivity index (χ2n) is 7.24. The molecule has 9 heteroatoms. The lowest BCUT2D eigenvalue weighted by Crippen LogP contribution is -2.41. The molecule has 0 spiro atoms. The summed E-state index contributed by atoms with van der Waals surface area (Å²) in [4.78, 5) is 4.68. The Morgan fingerprint density at radius 3 is 2.84 bits per heavy atom. The van der Waals surface area contributed by atoms with Crippen LogP contribution in [0.25, 0.3) is 0 Å². The third kappa shape index (κ3) is 5.72. The molecule has 7 nitrogen and oxygen atoms in total. The molecule has 1 aliphatic heterocycles. The van der Waals surface area contributed by atoms with Gasteiger partial charge in [-0.15, -0.1) is 34.2 Å². The van der Waals surface area contributed by atoms with Crippen molar-refractivity contribution < 1.29 is 9.13 Å². The Labute approximate surface area is 198 Å². The topological polar surface area (TPSA) is 76.4 Å². The number of rotatable bonds is 5. The summed E-state index contributed by atoms with van der Waals surface area (Å²) in [5.74, 6) is 2.89. The fourth-order valence-electron chi connectivity index (χ4n) is 3.38. The molecule has 0 saturated heterocycles. The number of halogens is 2. The number of aliphatic imine (C=N–C) groups is 1. The zero-order valence-electron chi connectivity index (χ0n) is 17.5. The minimum Gasteiger partial charge on any atom is -0.493 e. The highest BCUT2D eigenvalue weighted by molar-refractivity contribution is 14.0. The molecule has 0 radical (unpaired) electrons. The molecule has 1 aromatic heterocycles. The maximum atomic E-state index is 13.5. The lowest BCUT2D eigenvalue weighted by Gasteiger charge is -2.28. The normalized spacial score (nSPS) is 15.5. The first kappa shape index (κ1) is 23.0. The Kier molecular flexibility index (Phi) is 7.83. The van der Waals surface area contributed by atoms with Gasteiger partial charge in [0.1, 0.15) is 17.4 Å². The number of aryl methyl sites for hydroxylation is 1. The van der Waals surface area contributed by atoms with Crippen molar-refractivity contribution in [3.05, 3.63) is 77.1 Å². The fourth-order valence-corrected chi connectivity index (χ4v) is 3.38. The predicted molar refractivity (Wildman–Crippen MR) is 128 cm³/mol. The summed E-state index contributed by atoms with van der Waals surface area (Å²) in [6, 6.07) is 14.5. The summed E-state index contributed by atoms with van der Waals surface area (Å²) in [7, 11) is 1.93. The van der Waals surface area contributed by atoms with E-state index < -0.39 is 0 Å². The smallest absolute Gasteiger partial charge is 0.192 e. The molecule has 2 N–H and O–H groups in total. The average Bonchev–Trinajstić information content (AvgIpc) is 3.08. The van der Waals surface area contributed by atoms with E-state index in [1.807, 2.05) is 42.8 Å². The number of aromatic nitrogens is 3. The number of ether oxygens (including phenoxy) is 1. The van der Waals surface area contributed by atoms with Gasteiger partial charge in [0.25, 0.3) is 0 Å². The van der Waals surface area contributed by atoms with Gasteiger partial charge in [0.15, 0.2) is 11.8 Å². The molecular weight excluding hydrogens is 510 g/mol. The fraction of sp³-hybridized carbons (Fsp3) is 0.318. The Bertz CT molecular complexity index is 1050. The summed E-state index contributed by atoms with van der Waals surface area (Å²) in [5.41, 5.74) is 1.90. The van der Waals surface area contributed by atoms with Crippen molar-refractivity contribution >= 4 is 29.9 Å². The Hall–Kier alpha value is -2.69. The third-order valence-corrected chi connectivity index (χ3v) is 5.17. The maximum absolute atomic E-state index is 13.5. The first-order valence-corrected chi connectivity index (χ1v) is 9.96. The molecule has 0 saturated carbocycles. The van der Waals surface area contributed by atoms with Crippen LogP contribution in [0.2, 0.25) is 0 Å². The lowest BCUT2D eigenvalue weighted by molar-refractivity contribution is 0.261. The number of hydrogen-bond acceptors (Lipinski definition) is 4. The average molecular weight is 536 g/mol. The molecule has 3 aromatic rings. The van der Waals surface area contributed by atoms with Crippen molar-refractivity contribution in [3.8, 4) is 5.75 Å². The van der Waals surface area contributed by atoms with Crippen LogP contribution in [0.4, 0.5) is 4.39 Å². The summed E-state index contributed by atoms with van der Waals surface area (Å²) in [6.45, 7) is 3.37. The van der Waals surface area contributed by atoms with E-state index in [1.165, 1.54) is 12.1 Å². The van der Waals surface area contributed by atoms with Gasteiger partial charge < -0.3 is 19.9 Å². The Balaban J connectivity index is 0.00000272. The molecule has 2 heterocycles. The summed E-state index contributed by atoms with van der Waals surface area (Å²) in [6.07, 6.45) is 0.820. The number of guanidine groups is 1. The van der Waals surface area contributed by atoms with Crippen LogP contribution >= 0.6 is 24.0 Å². The number of para-hydroxylation sites is 1. The standard InChI is InChI=1S/C22H25FN6O.HI/c1-15-27-28-21(29(15)2)14-25-22(24-13-16-6-5-7-17(23)12-16)26-19-10-11-30-20-9-4-3-8-18(19)20;/h3-9,12,19H,10-11,13-14H2,1-2H3,(H2,24,25,26);1H. The monoisotopic (exact) mass is 536 g/mol. The number of hydrogen-bond donors (Lipinski definition) is 2. The van der Waals surface area contributed by atoms with Crippen molar-refractivity contribution in [2.45, 2.75) is 32.5 Å². The van der Waals surface area contributed by atoms with Crippen molar-refractivity contribution in [3.63, 3.8) is 0 Å². The van der Waals surface area contributed by atoms with Crippen molar-refractivity contribution in [1.29, 1.82) is 0 Å². The maximum Gasteiger partial charge on any atom is 0.192 e. The molecule has 31 heavy (non-hydrogen) atoms. The molecule has 1 aliphatic rings. The van der Waals surface area contributed by atoms with E-state index in [0.29, 0.717) is 25.7 Å². The number of nitrogens with zero attached hydrogens (tertiary/aromatic N) is 4. The first-order chi connectivity index (χ1) is 14.6. The van der Waals surface area contributed by atoms with E-state index in [2.05, 4.69) is 31.9 Å². The lowest BCUT2D eigenvalue weighted by atomic mass is 10.0. The van der Waals surface area contributed by atoms with Gasteiger partial charge in [-0.1, -0.05) is 30.3 Å². The van der Waals surface area contributed by atoms with Gasteiger partial charge in [-0.25, -0.2) is 9.38 Å². The number of nitrogens with one attached hydrogen (secondary N) is 2. The van der Waals surface area contributed by atoms with E-state index in [0.717, 1.165) is 34.9 Å². The van der Waals surface area contributed by atoms with Crippen molar-refractivity contribution in [2.24, 2.45) is 12.0 Å². The van der Waals surface area contributed by atoms with Crippen LogP contribution in [0.3, 0.4) is 0 Å². The largest absolute Gasteiger partial charge is 0.493 e. The van der Waals surface area contributed by atoms with Gasteiger partial charge >= 0.3 is 0 Å². The molecule has 2 aromatic carbocycles. The van der Waals surface area contributed by atoms with Crippen molar-refractivity contribution in [2.75, 3.05) is 6.61 Å². The number of fused-ring (bicyclic) bond motifs is 1. The van der Waals surface area contributed by atoms with Gasteiger partial charge in [-0.05, 0) is 30.7 Å². The molecule has 164 valence electrons. The first-order valence-electron chi connectivity index (χ1n) is 9.96. The predicted octanol–water partition coefficient (Wildman–Crippen LogP) is 3.64. The highest BCUT2D eigenvalue weighted by Gasteiger charge is 2.22. The van der Waals surface area contributed by atoms with Crippen LogP contribution in [0.15, 0.2) is 53.5 Å². The van der Waals surface area contributed by atoms with Gasteiger partial charge in [0, 0.05) is 19.0 Å². The van der Waals surface area contributed by atoms with Crippen LogP contribution in [-0.2, 0) is 20.1 Å². The second-order valence-corrected chi connectivity index (χ2v) is 7.24. The SMILES string of the molecule is Cc1nnc(CNC(=NCc2cccc(F)c2)NC2CCOc3ccccc32)n1C.I. The van der Waals surface area contributed by atoms with Gasteiger partial charge in [-0.3, -0.25) is 0 Å². The van der Waals surface area contributed by atoms with Crippen LogP contribution in [0.5, 0.6) is 5.75 Å². The number of benzene rings is 2. The minimum absolute atomic E-state index is 0. The summed E-state index contributed by atoms with van der Waals surface area (Å²) in [5, 5.41) is 15.1. The van der Waals surface area contributed by atoms with E-state index >= 15 is 0 Å². The van der Waals surface area contributed by atoms with E-state index in [-0.39, 0.29) is 35.8 Å². The molecule has 0 amide bonds. The van der Waals surface area contributed by atoms with Crippen LogP contribution < -0.4 is 15.4 Å². The van der Waals surface area contributed by atoms with E-state index in [9.17, 15) is 4.39 Å². The Morgan fingerprint density at radius 2 is 2.06 bits per heavy atom. The molecular formula is C22H26FIN6O. The Morgan fingerprint density at radius 1 is 1.23 bits per heavy atom. The molecule has 0 fully saturated rings. The molecule has 0 bridgehead atoms. The highest BCUT2D eigenvalue weighted by atomic mass is 127. The third-order valence-electron chi connectivity index (χ3n) is 5.17. The molecule has 4 rings (SSSR count). The van der Waals surface area contributed by atoms with Gasteiger partial charge in [0.2, 0.25) is 0 Å².